The molecule has 1 aromatic rings. The van der Waals surface area contributed by atoms with Crippen LogP contribution in [0.5, 0.6) is 5.75 Å². The zero-order chi connectivity index (χ0) is 28.7. The first kappa shape index (κ1) is 30.4. The van der Waals surface area contributed by atoms with E-state index in [1.165, 1.54) is 35.0 Å². The molecule has 5 atom stereocenters. The summed E-state index contributed by atoms with van der Waals surface area (Å²) in [5.41, 5.74) is 1.01. The predicted octanol–water partition coefficient (Wildman–Crippen LogP) is 4.01. The minimum absolute atomic E-state index is 0.170. The van der Waals surface area contributed by atoms with Crippen molar-refractivity contribution in [1.82, 2.24) is 0 Å². The van der Waals surface area contributed by atoms with Crippen molar-refractivity contribution < 1.29 is 47.6 Å². The van der Waals surface area contributed by atoms with E-state index < -0.39 is 53.8 Å². The van der Waals surface area contributed by atoms with E-state index in [0.29, 0.717) is 24.2 Å². The SMILES string of the molecule is COC(=O)C1(CCc2ccc(OC)c([C@H]3O[C@@H](C)[C@@H](OC(C)=O)[C@@H](OC(C)=O)[C@@H]3OC(C)=O)c2)CCCCC1. The molecule has 1 aromatic carbocycles. The second kappa shape index (κ2) is 13.3. The van der Waals surface area contributed by atoms with Crippen LogP contribution in [0.4, 0.5) is 0 Å². The third-order valence-electron chi connectivity index (χ3n) is 7.60. The normalized spacial score (nSPS) is 26.2. The van der Waals surface area contributed by atoms with Gasteiger partial charge in [-0.15, -0.1) is 0 Å². The molecule has 39 heavy (non-hydrogen) atoms. The smallest absolute Gasteiger partial charge is 0.311 e. The molecule has 0 radical (unpaired) electrons. The van der Waals surface area contributed by atoms with Crippen LogP contribution in [0.25, 0.3) is 0 Å². The number of aryl methyl sites for hydroxylation is 1. The highest BCUT2D eigenvalue weighted by molar-refractivity contribution is 5.76. The van der Waals surface area contributed by atoms with Crippen molar-refractivity contribution in [2.45, 2.75) is 103 Å². The van der Waals surface area contributed by atoms with Crippen LogP contribution < -0.4 is 4.74 Å². The Labute approximate surface area is 229 Å². The average molecular weight is 549 g/mol. The van der Waals surface area contributed by atoms with Crippen LogP contribution in [-0.4, -0.2) is 62.5 Å². The maximum Gasteiger partial charge on any atom is 0.311 e. The van der Waals surface area contributed by atoms with E-state index in [2.05, 4.69) is 0 Å². The van der Waals surface area contributed by atoms with Gasteiger partial charge in [-0.25, -0.2) is 0 Å². The zero-order valence-corrected chi connectivity index (χ0v) is 23.7. The molecule has 2 fully saturated rings. The number of esters is 4. The molecular formula is C29H40O10. The summed E-state index contributed by atoms with van der Waals surface area (Å²) < 4.78 is 33.7. The molecule has 0 aromatic heterocycles. The van der Waals surface area contributed by atoms with Crippen molar-refractivity contribution in [2.24, 2.45) is 5.41 Å². The van der Waals surface area contributed by atoms with Gasteiger partial charge in [0.05, 0.1) is 25.7 Å². The summed E-state index contributed by atoms with van der Waals surface area (Å²) in [5.74, 6) is -1.51. The van der Waals surface area contributed by atoms with Gasteiger partial charge in [-0.3, -0.25) is 19.2 Å². The molecule has 1 aliphatic heterocycles. The number of methoxy groups -OCH3 is 2. The largest absolute Gasteiger partial charge is 0.496 e. The molecule has 1 heterocycles. The Morgan fingerprint density at radius 1 is 0.872 bits per heavy atom. The fourth-order valence-electron chi connectivity index (χ4n) is 5.81. The molecular weight excluding hydrogens is 508 g/mol. The Morgan fingerprint density at radius 2 is 1.46 bits per heavy atom. The summed E-state index contributed by atoms with van der Waals surface area (Å²) in [6, 6.07) is 5.63. The van der Waals surface area contributed by atoms with E-state index in [9.17, 15) is 19.2 Å². The summed E-state index contributed by atoms with van der Waals surface area (Å²) in [6.45, 7) is 5.41. The summed E-state index contributed by atoms with van der Waals surface area (Å²) in [5, 5.41) is 0. The second-order valence-corrected chi connectivity index (χ2v) is 10.4. The number of carbonyl (C=O) groups excluding carboxylic acids is 4. The highest BCUT2D eigenvalue weighted by Gasteiger charge is 2.51. The van der Waals surface area contributed by atoms with Gasteiger partial charge < -0.3 is 28.4 Å². The Bertz CT molecular complexity index is 1040. The predicted molar refractivity (Wildman–Crippen MR) is 139 cm³/mol. The van der Waals surface area contributed by atoms with Gasteiger partial charge in [-0.05, 0) is 50.3 Å². The van der Waals surface area contributed by atoms with Crippen LogP contribution >= 0.6 is 0 Å². The lowest BCUT2D eigenvalue weighted by atomic mass is 9.70. The van der Waals surface area contributed by atoms with Crippen molar-refractivity contribution in [3.63, 3.8) is 0 Å². The van der Waals surface area contributed by atoms with Crippen molar-refractivity contribution in [3.8, 4) is 5.75 Å². The van der Waals surface area contributed by atoms with Crippen LogP contribution in [0.15, 0.2) is 18.2 Å². The van der Waals surface area contributed by atoms with E-state index >= 15 is 0 Å². The molecule has 0 spiro atoms. The molecule has 0 unspecified atom stereocenters. The lowest BCUT2D eigenvalue weighted by molar-refractivity contribution is -0.245. The third-order valence-corrected chi connectivity index (χ3v) is 7.60. The monoisotopic (exact) mass is 548 g/mol. The van der Waals surface area contributed by atoms with Crippen LogP contribution in [0.2, 0.25) is 0 Å². The van der Waals surface area contributed by atoms with Crippen molar-refractivity contribution >= 4 is 23.9 Å². The number of rotatable bonds is 9. The van der Waals surface area contributed by atoms with E-state index in [1.54, 1.807) is 13.0 Å². The van der Waals surface area contributed by atoms with Crippen molar-refractivity contribution in [1.29, 1.82) is 0 Å². The van der Waals surface area contributed by atoms with Crippen LogP contribution in [-0.2, 0) is 49.3 Å². The van der Waals surface area contributed by atoms with Crippen LogP contribution in [0, 0.1) is 5.41 Å². The van der Waals surface area contributed by atoms with Gasteiger partial charge in [0.1, 0.15) is 11.9 Å². The van der Waals surface area contributed by atoms with E-state index in [1.807, 2.05) is 12.1 Å². The molecule has 2 aliphatic rings. The maximum atomic E-state index is 12.7. The Balaban J connectivity index is 1.99. The molecule has 0 amide bonds. The summed E-state index contributed by atoms with van der Waals surface area (Å²) in [7, 11) is 2.95. The van der Waals surface area contributed by atoms with Gasteiger partial charge in [0.15, 0.2) is 18.3 Å². The van der Waals surface area contributed by atoms with Gasteiger partial charge in [0.2, 0.25) is 0 Å². The number of ether oxygens (including phenoxy) is 6. The van der Waals surface area contributed by atoms with Crippen molar-refractivity contribution in [2.75, 3.05) is 14.2 Å². The zero-order valence-electron chi connectivity index (χ0n) is 23.7. The van der Waals surface area contributed by atoms with Gasteiger partial charge in [0, 0.05) is 26.3 Å². The lowest BCUT2D eigenvalue weighted by Crippen LogP contribution is -2.57. The van der Waals surface area contributed by atoms with Crippen molar-refractivity contribution in [3.05, 3.63) is 29.3 Å². The molecule has 3 rings (SSSR count). The first-order valence-electron chi connectivity index (χ1n) is 13.4. The first-order chi connectivity index (χ1) is 18.5. The molecule has 1 saturated carbocycles. The number of benzene rings is 1. The van der Waals surface area contributed by atoms with Crippen LogP contribution in [0.1, 0.15) is 83.5 Å². The van der Waals surface area contributed by atoms with Gasteiger partial charge in [0.25, 0.3) is 0 Å². The molecule has 0 bridgehead atoms. The Morgan fingerprint density at radius 3 is 2.03 bits per heavy atom. The number of carbonyl (C=O) groups is 4. The standard InChI is InChI=1S/C29H40O10/c1-17-24(37-18(2)30)26(38-19(3)31)27(39-20(4)32)25(36-17)22-16-21(10-11-23(22)34-5)12-15-29(28(33)35-6)13-8-7-9-14-29/h10-11,16-17,24-27H,7-9,12-15H2,1-6H3/t17-,24+,25+,26+,27+/m0/s1. The second-order valence-electron chi connectivity index (χ2n) is 10.4. The number of hydrogen-bond donors (Lipinski definition) is 0. The average Bonchev–Trinajstić information content (AvgIpc) is 2.90. The van der Waals surface area contributed by atoms with Gasteiger partial charge in [-0.2, -0.15) is 0 Å². The minimum atomic E-state index is -1.11. The quantitative estimate of drug-likeness (QED) is 0.330. The highest BCUT2D eigenvalue weighted by atomic mass is 16.6. The van der Waals surface area contributed by atoms with Gasteiger partial charge in [-0.1, -0.05) is 25.3 Å². The lowest BCUT2D eigenvalue weighted by Gasteiger charge is -2.44. The maximum absolute atomic E-state index is 12.7. The Kier molecular flexibility index (Phi) is 10.4. The topological polar surface area (TPSA) is 124 Å². The summed E-state index contributed by atoms with van der Waals surface area (Å²) in [4.78, 5) is 48.8. The molecule has 0 N–H and O–H groups in total. The molecule has 10 heteroatoms. The third kappa shape index (κ3) is 7.29. The highest BCUT2D eigenvalue weighted by Crippen LogP contribution is 2.43. The van der Waals surface area contributed by atoms with Gasteiger partial charge >= 0.3 is 23.9 Å². The number of hydrogen-bond acceptors (Lipinski definition) is 10. The Hall–Kier alpha value is -3.14. The fourth-order valence-corrected chi connectivity index (χ4v) is 5.81. The minimum Gasteiger partial charge on any atom is -0.496 e. The summed E-state index contributed by atoms with van der Waals surface area (Å²) in [6.07, 6.45) is 1.10. The summed E-state index contributed by atoms with van der Waals surface area (Å²) >= 11 is 0. The molecule has 1 aliphatic carbocycles. The molecule has 1 saturated heterocycles. The molecule has 216 valence electrons. The van der Waals surface area contributed by atoms with Crippen LogP contribution in [0.3, 0.4) is 0 Å². The van der Waals surface area contributed by atoms with E-state index in [4.69, 9.17) is 28.4 Å². The van der Waals surface area contributed by atoms with E-state index in [-0.39, 0.29) is 5.97 Å². The first-order valence-corrected chi connectivity index (χ1v) is 13.4. The fraction of sp³-hybridized carbons (Fsp3) is 0.655. The molecule has 10 nitrogen and oxygen atoms in total. The van der Waals surface area contributed by atoms with E-state index in [0.717, 1.165) is 37.7 Å².